The molecule has 0 aromatic carbocycles. The molecule has 1 aliphatic heterocycles. The molecule has 0 aromatic heterocycles. The highest BCUT2D eigenvalue weighted by atomic mass is 35.5. The summed E-state index contributed by atoms with van der Waals surface area (Å²) in [7, 11) is 0. The zero-order chi connectivity index (χ0) is 11.4. The molecule has 0 radical (unpaired) electrons. The zero-order valence-corrected chi connectivity index (χ0v) is 11.0. The lowest BCUT2D eigenvalue weighted by molar-refractivity contribution is 0.0311. The van der Waals surface area contributed by atoms with Gasteiger partial charge in [0.15, 0.2) is 0 Å². The second-order valence-corrected chi connectivity index (χ2v) is 5.44. The van der Waals surface area contributed by atoms with Crippen molar-refractivity contribution in [2.45, 2.75) is 45.1 Å². The SMILES string of the molecule is CCOCCCC1(CCl)CCOC1C1CC1. The van der Waals surface area contributed by atoms with E-state index in [1.165, 1.54) is 12.8 Å². The van der Waals surface area contributed by atoms with Crippen LogP contribution >= 0.6 is 11.6 Å². The maximum absolute atomic E-state index is 6.22. The summed E-state index contributed by atoms with van der Waals surface area (Å²) in [6.07, 6.45) is 6.55. The quantitative estimate of drug-likeness (QED) is 0.507. The van der Waals surface area contributed by atoms with Crippen LogP contribution in [0.4, 0.5) is 0 Å². The van der Waals surface area contributed by atoms with Crippen molar-refractivity contribution in [1.82, 2.24) is 0 Å². The van der Waals surface area contributed by atoms with Gasteiger partial charge in [0, 0.05) is 31.1 Å². The van der Waals surface area contributed by atoms with E-state index in [9.17, 15) is 0 Å². The van der Waals surface area contributed by atoms with Gasteiger partial charge in [-0.1, -0.05) is 0 Å². The summed E-state index contributed by atoms with van der Waals surface area (Å²) in [5.41, 5.74) is 0.250. The lowest BCUT2D eigenvalue weighted by atomic mass is 9.77. The summed E-state index contributed by atoms with van der Waals surface area (Å²) in [5, 5.41) is 0. The van der Waals surface area contributed by atoms with Crippen molar-refractivity contribution >= 4 is 11.6 Å². The average molecular weight is 247 g/mol. The molecule has 1 saturated heterocycles. The van der Waals surface area contributed by atoms with E-state index in [0.717, 1.165) is 50.9 Å². The molecular formula is C13H23ClO2. The Hall–Kier alpha value is 0.210. The van der Waals surface area contributed by atoms with Crippen molar-refractivity contribution in [2.24, 2.45) is 11.3 Å². The number of halogens is 1. The van der Waals surface area contributed by atoms with Gasteiger partial charge in [-0.15, -0.1) is 11.6 Å². The molecule has 2 nitrogen and oxygen atoms in total. The van der Waals surface area contributed by atoms with Crippen LogP contribution in [0.5, 0.6) is 0 Å². The Bertz CT molecular complexity index is 218. The Morgan fingerprint density at radius 1 is 1.44 bits per heavy atom. The summed E-state index contributed by atoms with van der Waals surface area (Å²) in [6, 6.07) is 0. The van der Waals surface area contributed by atoms with Gasteiger partial charge in [-0.25, -0.2) is 0 Å². The zero-order valence-electron chi connectivity index (χ0n) is 10.2. The van der Waals surface area contributed by atoms with Crippen LogP contribution in [0.2, 0.25) is 0 Å². The normalized spacial score (nSPS) is 34.5. The van der Waals surface area contributed by atoms with Crippen molar-refractivity contribution < 1.29 is 9.47 Å². The minimum atomic E-state index is 0.250. The van der Waals surface area contributed by atoms with Gasteiger partial charge in [0.1, 0.15) is 0 Å². The summed E-state index contributed by atoms with van der Waals surface area (Å²) in [5.74, 6) is 1.55. The Kier molecular flexibility index (Phi) is 4.51. The van der Waals surface area contributed by atoms with E-state index >= 15 is 0 Å². The largest absolute Gasteiger partial charge is 0.382 e. The minimum absolute atomic E-state index is 0.250. The predicted octanol–water partition coefficient (Wildman–Crippen LogP) is 3.23. The molecule has 0 bridgehead atoms. The van der Waals surface area contributed by atoms with E-state index in [-0.39, 0.29) is 5.41 Å². The molecule has 1 aliphatic carbocycles. The van der Waals surface area contributed by atoms with E-state index in [2.05, 4.69) is 0 Å². The van der Waals surface area contributed by atoms with Crippen molar-refractivity contribution in [1.29, 1.82) is 0 Å². The monoisotopic (exact) mass is 246 g/mol. The smallest absolute Gasteiger partial charge is 0.0671 e. The summed E-state index contributed by atoms with van der Waals surface area (Å²) in [6.45, 7) is 4.63. The van der Waals surface area contributed by atoms with Gasteiger partial charge in [-0.05, 0) is 44.9 Å². The Morgan fingerprint density at radius 2 is 2.25 bits per heavy atom. The Labute approximate surface area is 104 Å². The summed E-state index contributed by atoms with van der Waals surface area (Å²) < 4.78 is 11.3. The van der Waals surface area contributed by atoms with Crippen LogP contribution in [0.3, 0.4) is 0 Å². The predicted molar refractivity (Wildman–Crippen MR) is 66.0 cm³/mol. The van der Waals surface area contributed by atoms with Gasteiger partial charge in [0.2, 0.25) is 0 Å². The molecule has 2 fully saturated rings. The molecule has 1 saturated carbocycles. The van der Waals surface area contributed by atoms with Gasteiger partial charge in [-0.2, -0.15) is 0 Å². The van der Waals surface area contributed by atoms with Crippen molar-refractivity contribution in [3.8, 4) is 0 Å². The maximum atomic E-state index is 6.22. The molecule has 2 unspecified atom stereocenters. The molecule has 2 aliphatic rings. The fourth-order valence-corrected chi connectivity index (χ4v) is 3.31. The molecule has 0 amide bonds. The van der Waals surface area contributed by atoms with Gasteiger partial charge < -0.3 is 9.47 Å². The molecule has 2 atom stereocenters. The lowest BCUT2D eigenvalue weighted by Gasteiger charge is -2.32. The third-order valence-electron chi connectivity index (χ3n) is 3.98. The van der Waals surface area contributed by atoms with E-state index in [0.29, 0.717) is 6.10 Å². The molecule has 0 aromatic rings. The number of hydrogen-bond donors (Lipinski definition) is 0. The standard InChI is InChI=1S/C13H23ClO2/c1-2-15-8-3-6-13(10-14)7-9-16-12(13)11-4-5-11/h11-12H,2-10H2,1H3. The van der Waals surface area contributed by atoms with Crippen LogP contribution in [-0.2, 0) is 9.47 Å². The third kappa shape index (κ3) is 2.72. The Morgan fingerprint density at radius 3 is 2.88 bits per heavy atom. The fourth-order valence-electron chi connectivity index (χ4n) is 2.89. The second kappa shape index (κ2) is 5.70. The number of hydrogen-bond acceptors (Lipinski definition) is 2. The van der Waals surface area contributed by atoms with Crippen LogP contribution in [0, 0.1) is 11.3 Å². The molecule has 3 heteroatoms. The molecule has 0 N–H and O–H groups in total. The van der Waals surface area contributed by atoms with Gasteiger partial charge >= 0.3 is 0 Å². The highest BCUT2D eigenvalue weighted by Crippen LogP contribution is 2.50. The van der Waals surface area contributed by atoms with Gasteiger partial charge in [-0.3, -0.25) is 0 Å². The number of ether oxygens (including phenoxy) is 2. The number of rotatable bonds is 7. The van der Waals surface area contributed by atoms with Gasteiger partial charge in [0.25, 0.3) is 0 Å². The lowest BCUT2D eigenvalue weighted by Crippen LogP contribution is -2.34. The highest BCUT2D eigenvalue weighted by Gasteiger charge is 2.49. The average Bonchev–Trinajstić information content (AvgIpc) is 3.06. The van der Waals surface area contributed by atoms with Crippen LogP contribution in [0.25, 0.3) is 0 Å². The molecule has 2 rings (SSSR count). The van der Waals surface area contributed by atoms with Crippen LogP contribution < -0.4 is 0 Å². The maximum Gasteiger partial charge on any atom is 0.0671 e. The number of alkyl halides is 1. The van der Waals surface area contributed by atoms with Crippen LogP contribution in [0.15, 0.2) is 0 Å². The van der Waals surface area contributed by atoms with Crippen molar-refractivity contribution in [2.75, 3.05) is 25.7 Å². The van der Waals surface area contributed by atoms with Crippen LogP contribution in [-0.4, -0.2) is 31.8 Å². The third-order valence-corrected chi connectivity index (χ3v) is 4.52. The molecular weight excluding hydrogens is 224 g/mol. The van der Waals surface area contributed by atoms with Crippen LogP contribution in [0.1, 0.15) is 39.0 Å². The van der Waals surface area contributed by atoms with E-state index < -0.39 is 0 Å². The minimum Gasteiger partial charge on any atom is -0.382 e. The van der Waals surface area contributed by atoms with E-state index in [4.69, 9.17) is 21.1 Å². The first-order chi connectivity index (χ1) is 7.82. The fraction of sp³-hybridized carbons (Fsp3) is 1.00. The first-order valence-corrected chi connectivity index (χ1v) is 7.11. The summed E-state index contributed by atoms with van der Waals surface area (Å²) in [4.78, 5) is 0. The van der Waals surface area contributed by atoms with Gasteiger partial charge in [0.05, 0.1) is 6.10 Å². The van der Waals surface area contributed by atoms with Crippen molar-refractivity contribution in [3.63, 3.8) is 0 Å². The molecule has 1 heterocycles. The Balaban J connectivity index is 1.84. The highest BCUT2D eigenvalue weighted by molar-refractivity contribution is 6.18. The molecule has 0 spiro atoms. The first-order valence-electron chi connectivity index (χ1n) is 6.58. The van der Waals surface area contributed by atoms with Crippen molar-refractivity contribution in [3.05, 3.63) is 0 Å². The topological polar surface area (TPSA) is 18.5 Å². The molecule has 16 heavy (non-hydrogen) atoms. The second-order valence-electron chi connectivity index (χ2n) is 5.18. The molecule has 94 valence electrons. The van der Waals surface area contributed by atoms with E-state index in [1.54, 1.807) is 0 Å². The summed E-state index contributed by atoms with van der Waals surface area (Å²) >= 11 is 6.22. The van der Waals surface area contributed by atoms with E-state index in [1.807, 2.05) is 6.92 Å². The first kappa shape index (κ1) is 12.7.